The van der Waals surface area contributed by atoms with Gasteiger partial charge in [-0.1, -0.05) is 53.0 Å². The van der Waals surface area contributed by atoms with Crippen molar-refractivity contribution in [2.45, 2.75) is 24.8 Å². The fraction of sp³-hybridized carbons (Fsp3) is 0.333. The molecule has 1 aromatic carbocycles. The molecule has 30 heavy (non-hydrogen) atoms. The summed E-state index contributed by atoms with van der Waals surface area (Å²) in [5.74, 6) is 0.265. The van der Waals surface area contributed by atoms with Crippen LogP contribution in [0.4, 0.5) is 10.3 Å². The van der Waals surface area contributed by atoms with Crippen molar-refractivity contribution in [3.8, 4) is 0 Å². The van der Waals surface area contributed by atoms with Crippen molar-refractivity contribution < 1.29 is 0 Å². The number of pyridine rings is 1. The highest BCUT2D eigenvalue weighted by atomic mass is 32.1. The Morgan fingerprint density at radius 3 is 2.87 bits per heavy atom. The van der Waals surface area contributed by atoms with E-state index in [0.29, 0.717) is 12.6 Å². The Morgan fingerprint density at radius 1 is 1.13 bits per heavy atom. The predicted octanol–water partition coefficient (Wildman–Crippen LogP) is 3.52. The van der Waals surface area contributed by atoms with Crippen molar-refractivity contribution in [2.24, 2.45) is 5.73 Å². The van der Waals surface area contributed by atoms with E-state index in [-0.39, 0.29) is 5.92 Å². The minimum absolute atomic E-state index is 0.265. The van der Waals surface area contributed by atoms with Crippen LogP contribution in [0.2, 0.25) is 0 Å². The first-order valence-corrected chi connectivity index (χ1v) is 11.7. The van der Waals surface area contributed by atoms with Gasteiger partial charge in [0.1, 0.15) is 5.01 Å². The summed E-state index contributed by atoms with van der Waals surface area (Å²) in [5, 5.41) is 15.3. The Hall–Kier alpha value is -2.62. The lowest BCUT2D eigenvalue weighted by Crippen LogP contribution is -2.25. The standard InChI is InChI=1S/C21H23N7S2/c22-12-15(14-5-2-1-3-6-14)11-18-26-27-20(30-18)24-16-8-10-28(13-16)21-25-19-17(29-21)7-4-9-23-19/h1-7,9,15-16H,8,10-13,22H2,(H,24,27)/t15-,16-/m1/s1. The molecular weight excluding hydrogens is 414 g/mol. The van der Waals surface area contributed by atoms with Crippen LogP contribution in [0, 0.1) is 0 Å². The number of nitrogens with two attached hydrogens (primary N) is 1. The predicted molar refractivity (Wildman–Crippen MR) is 124 cm³/mol. The van der Waals surface area contributed by atoms with Gasteiger partial charge < -0.3 is 16.0 Å². The Bertz CT molecular complexity index is 1080. The summed E-state index contributed by atoms with van der Waals surface area (Å²) in [4.78, 5) is 11.4. The molecule has 0 spiro atoms. The SMILES string of the molecule is NC[C@@H](Cc1nnc(N[C@@H]2CCN(c3nc4ncccc4s3)C2)s1)c1ccccc1. The summed E-state index contributed by atoms with van der Waals surface area (Å²) in [5.41, 5.74) is 8.10. The van der Waals surface area contributed by atoms with Gasteiger partial charge >= 0.3 is 0 Å². The molecule has 4 aromatic rings. The second-order valence-electron chi connectivity index (χ2n) is 7.45. The number of aromatic nitrogens is 4. The number of fused-ring (bicyclic) bond motifs is 1. The molecule has 2 atom stereocenters. The second-order valence-corrected chi connectivity index (χ2v) is 9.52. The maximum atomic E-state index is 6.02. The van der Waals surface area contributed by atoms with E-state index in [2.05, 4.69) is 60.7 Å². The van der Waals surface area contributed by atoms with Crippen LogP contribution < -0.4 is 16.0 Å². The van der Waals surface area contributed by atoms with Gasteiger partial charge in [-0.15, -0.1) is 10.2 Å². The lowest BCUT2D eigenvalue weighted by molar-refractivity contribution is 0.686. The molecular formula is C21H23N7S2. The summed E-state index contributed by atoms with van der Waals surface area (Å²) in [6.45, 7) is 2.48. The molecule has 0 saturated carbocycles. The average Bonchev–Trinajstić information content (AvgIpc) is 3.52. The number of anilines is 2. The van der Waals surface area contributed by atoms with E-state index in [4.69, 9.17) is 5.73 Å². The first-order chi connectivity index (χ1) is 14.8. The molecule has 0 radical (unpaired) electrons. The average molecular weight is 438 g/mol. The highest BCUT2D eigenvalue weighted by Crippen LogP contribution is 2.31. The number of nitrogens with one attached hydrogen (secondary N) is 1. The van der Waals surface area contributed by atoms with Gasteiger partial charge in [0.2, 0.25) is 5.13 Å². The zero-order valence-electron chi connectivity index (χ0n) is 16.4. The smallest absolute Gasteiger partial charge is 0.205 e. The van der Waals surface area contributed by atoms with Gasteiger partial charge in [-0.3, -0.25) is 0 Å². The Morgan fingerprint density at radius 2 is 2.03 bits per heavy atom. The van der Waals surface area contributed by atoms with Crippen LogP contribution in [-0.2, 0) is 6.42 Å². The molecule has 154 valence electrons. The van der Waals surface area contributed by atoms with Crippen LogP contribution >= 0.6 is 22.7 Å². The molecule has 0 amide bonds. The van der Waals surface area contributed by atoms with Gasteiger partial charge in [0.25, 0.3) is 0 Å². The normalized spacial score (nSPS) is 17.5. The summed E-state index contributed by atoms with van der Waals surface area (Å²) >= 11 is 3.33. The van der Waals surface area contributed by atoms with Crippen LogP contribution in [0.1, 0.15) is 22.9 Å². The second kappa shape index (κ2) is 8.63. The summed E-state index contributed by atoms with van der Waals surface area (Å²) < 4.78 is 1.13. The first-order valence-electron chi connectivity index (χ1n) is 10.1. The van der Waals surface area contributed by atoms with Gasteiger partial charge in [0.15, 0.2) is 10.8 Å². The van der Waals surface area contributed by atoms with E-state index in [9.17, 15) is 0 Å². The summed E-state index contributed by atoms with van der Waals surface area (Å²) in [6.07, 6.45) is 3.66. The van der Waals surface area contributed by atoms with Crippen molar-refractivity contribution in [3.63, 3.8) is 0 Å². The maximum Gasteiger partial charge on any atom is 0.205 e. The van der Waals surface area contributed by atoms with Crippen LogP contribution in [-0.4, -0.2) is 45.8 Å². The summed E-state index contributed by atoms with van der Waals surface area (Å²) in [7, 11) is 0. The Balaban J connectivity index is 1.20. The van der Waals surface area contributed by atoms with Crippen molar-refractivity contribution in [1.82, 2.24) is 20.2 Å². The Labute approximate surface area is 183 Å². The fourth-order valence-electron chi connectivity index (χ4n) is 3.79. The topological polar surface area (TPSA) is 92.8 Å². The maximum absolute atomic E-state index is 6.02. The molecule has 7 nitrogen and oxygen atoms in total. The van der Waals surface area contributed by atoms with Crippen molar-refractivity contribution in [1.29, 1.82) is 0 Å². The number of nitrogens with zero attached hydrogens (tertiary/aromatic N) is 5. The molecule has 0 bridgehead atoms. The fourth-order valence-corrected chi connectivity index (χ4v) is 5.64. The van der Waals surface area contributed by atoms with Crippen LogP contribution in [0.15, 0.2) is 48.7 Å². The zero-order valence-corrected chi connectivity index (χ0v) is 18.1. The number of benzene rings is 1. The molecule has 1 saturated heterocycles. The highest BCUT2D eigenvalue weighted by Gasteiger charge is 2.26. The number of hydrogen-bond acceptors (Lipinski definition) is 9. The molecule has 5 rings (SSSR count). The van der Waals surface area contributed by atoms with Crippen LogP contribution in [0.3, 0.4) is 0 Å². The minimum atomic E-state index is 0.265. The quantitative estimate of drug-likeness (QED) is 0.457. The Kier molecular flexibility index (Phi) is 5.56. The van der Waals surface area contributed by atoms with E-state index >= 15 is 0 Å². The van der Waals surface area contributed by atoms with Crippen molar-refractivity contribution in [2.75, 3.05) is 29.9 Å². The van der Waals surface area contributed by atoms with Gasteiger partial charge in [-0.25, -0.2) is 4.98 Å². The van der Waals surface area contributed by atoms with E-state index in [0.717, 1.165) is 51.5 Å². The molecule has 1 aliphatic rings. The molecule has 9 heteroatoms. The third kappa shape index (κ3) is 4.14. The molecule has 1 fully saturated rings. The van der Waals surface area contributed by atoms with Crippen LogP contribution in [0.25, 0.3) is 10.3 Å². The molecule has 3 aromatic heterocycles. The van der Waals surface area contributed by atoms with Crippen LogP contribution in [0.5, 0.6) is 0 Å². The largest absolute Gasteiger partial charge is 0.355 e. The molecule has 1 aliphatic heterocycles. The number of hydrogen-bond donors (Lipinski definition) is 2. The molecule has 0 aliphatic carbocycles. The van der Waals surface area contributed by atoms with E-state index in [1.807, 2.05) is 12.1 Å². The van der Waals surface area contributed by atoms with E-state index < -0.39 is 0 Å². The minimum Gasteiger partial charge on any atom is -0.355 e. The van der Waals surface area contributed by atoms with Crippen molar-refractivity contribution >= 4 is 43.3 Å². The highest BCUT2D eigenvalue weighted by molar-refractivity contribution is 7.22. The molecule has 4 heterocycles. The molecule has 0 unspecified atom stereocenters. The lowest BCUT2D eigenvalue weighted by Gasteiger charge is -2.15. The third-order valence-electron chi connectivity index (χ3n) is 5.38. The van der Waals surface area contributed by atoms with Crippen molar-refractivity contribution in [3.05, 3.63) is 59.2 Å². The lowest BCUT2D eigenvalue weighted by atomic mass is 9.96. The van der Waals surface area contributed by atoms with E-state index in [1.165, 1.54) is 5.56 Å². The van der Waals surface area contributed by atoms with Gasteiger partial charge in [0.05, 0.1) is 4.70 Å². The first kappa shape index (κ1) is 19.3. The van der Waals surface area contributed by atoms with Gasteiger partial charge in [-0.05, 0) is 30.7 Å². The van der Waals surface area contributed by atoms with E-state index in [1.54, 1.807) is 28.9 Å². The zero-order chi connectivity index (χ0) is 20.3. The molecule has 3 N–H and O–H groups in total. The number of rotatable bonds is 7. The number of thiazole rings is 1. The van der Waals surface area contributed by atoms with Gasteiger partial charge in [0, 0.05) is 37.7 Å². The van der Waals surface area contributed by atoms with Gasteiger partial charge in [-0.2, -0.15) is 4.98 Å². The monoisotopic (exact) mass is 437 g/mol. The third-order valence-corrected chi connectivity index (χ3v) is 7.33. The summed E-state index contributed by atoms with van der Waals surface area (Å²) in [6, 6.07) is 14.8.